The fraction of sp³-hybridized carbons (Fsp3) is 0.706. The molecule has 2 fully saturated rings. The number of nitrogens with zero attached hydrogens (tertiary/aromatic N) is 1. The summed E-state index contributed by atoms with van der Waals surface area (Å²) >= 11 is 1.73. The molecule has 6 heteroatoms. The van der Waals surface area contributed by atoms with E-state index >= 15 is 0 Å². The number of carbonyl (C=O) groups excluding carboxylic acids is 1. The maximum absolute atomic E-state index is 12.5. The van der Waals surface area contributed by atoms with Crippen LogP contribution in [0.3, 0.4) is 0 Å². The first-order chi connectivity index (χ1) is 11.1. The fourth-order valence-electron chi connectivity index (χ4n) is 3.44. The van der Waals surface area contributed by atoms with Crippen molar-refractivity contribution in [2.45, 2.75) is 44.9 Å². The molecule has 2 aliphatic heterocycles. The van der Waals surface area contributed by atoms with Crippen molar-refractivity contribution in [3.63, 3.8) is 0 Å². The van der Waals surface area contributed by atoms with Gasteiger partial charge in [0.1, 0.15) is 0 Å². The summed E-state index contributed by atoms with van der Waals surface area (Å²) in [5, 5.41) is 5.19. The van der Waals surface area contributed by atoms with Gasteiger partial charge in [0.2, 0.25) is 0 Å². The minimum absolute atomic E-state index is 0.0281. The summed E-state index contributed by atoms with van der Waals surface area (Å²) in [7, 11) is 0. The van der Waals surface area contributed by atoms with Crippen LogP contribution in [0.1, 0.15) is 31.6 Å². The molecule has 0 saturated carbocycles. The Balaban J connectivity index is 1.52. The number of nitrogens with one attached hydrogen (secondary N) is 1. The molecule has 3 heterocycles. The lowest BCUT2D eigenvalue weighted by molar-refractivity contribution is -0.189. The molecule has 0 spiro atoms. The number of thiophene rings is 1. The monoisotopic (exact) mass is 338 g/mol. The average Bonchev–Trinajstić information content (AvgIpc) is 3.20. The lowest BCUT2D eigenvalue weighted by atomic mass is 9.90. The van der Waals surface area contributed by atoms with Crippen LogP contribution in [0.2, 0.25) is 0 Å². The Bertz CT molecular complexity index is 514. The number of likely N-dealkylation sites (tertiary alicyclic amines) is 1. The molecular formula is C17H26N2O3S. The van der Waals surface area contributed by atoms with Gasteiger partial charge in [0.15, 0.2) is 5.79 Å². The maximum Gasteiger partial charge on any atom is 0.317 e. The van der Waals surface area contributed by atoms with Crippen molar-refractivity contribution in [1.29, 1.82) is 0 Å². The van der Waals surface area contributed by atoms with Crippen LogP contribution < -0.4 is 5.32 Å². The highest BCUT2D eigenvalue weighted by Crippen LogP contribution is 2.34. The molecule has 2 saturated heterocycles. The first kappa shape index (κ1) is 16.7. The molecule has 0 bridgehead atoms. The molecule has 2 amide bonds. The highest BCUT2D eigenvalue weighted by molar-refractivity contribution is 7.09. The smallest absolute Gasteiger partial charge is 0.317 e. The van der Waals surface area contributed by atoms with E-state index < -0.39 is 5.79 Å². The normalized spacial score (nSPS) is 25.3. The third-order valence-electron chi connectivity index (χ3n) is 4.77. The molecule has 0 aromatic carbocycles. The Morgan fingerprint density at radius 3 is 3.00 bits per heavy atom. The molecular weight excluding hydrogens is 312 g/mol. The number of ether oxygens (including phenoxy) is 2. The van der Waals surface area contributed by atoms with Crippen LogP contribution in [0.25, 0.3) is 0 Å². The second-order valence-electron chi connectivity index (χ2n) is 6.63. The summed E-state index contributed by atoms with van der Waals surface area (Å²) in [5.41, 5.74) is 0. The van der Waals surface area contributed by atoms with E-state index in [0.717, 1.165) is 25.8 Å². The first-order valence-corrected chi connectivity index (χ1v) is 9.30. The molecule has 0 radical (unpaired) electrons. The predicted molar refractivity (Wildman–Crippen MR) is 90.6 cm³/mol. The van der Waals surface area contributed by atoms with Gasteiger partial charge >= 0.3 is 6.03 Å². The van der Waals surface area contributed by atoms with Crippen LogP contribution in [-0.4, -0.2) is 49.1 Å². The Morgan fingerprint density at radius 1 is 1.52 bits per heavy atom. The van der Waals surface area contributed by atoms with Crippen molar-refractivity contribution in [2.24, 2.45) is 5.92 Å². The van der Waals surface area contributed by atoms with Crippen molar-refractivity contribution in [2.75, 3.05) is 26.3 Å². The topological polar surface area (TPSA) is 50.8 Å². The van der Waals surface area contributed by atoms with Crippen molar-refractivity contribution in [3.8, 4) is 0 Å². The van der Waals surface area contributed by atoms with Crippen LogP contribution in [0, 0.1) is 5.92 Å². The third kappa shape index (κ3) is 4.05. The number of hydrogen-bond acceptors (Lipinski definition) is 4. The highest BCUT2D eigenvalue weighted by Gasteiger charge is 2.42. The molecule has 2 aliphatic rings. The number of amides is 2. The Kier molecular flexibility index (Phi) is 5.24. The van der Waals surface area contributed by atoms with E-state index in [1.807, 2.05) is 17.9 Å². The van der Waals surface area contributed by atoms with Crippen molar-refractivity contribution in [1.82, 2.24) is 10.2 Å². The van der Waals surface area contributed by atoms with E-state index in [1.54, 1.807) is 11.3 Å². The van der Waals surface area contributed by atoms with Gasteiger partial charge in [-0.25, -0.2) is 4.79 Å². The van der Waals surface area contributed by atoms with Crippen molar-refractivity contribution >= 4 is 17.4 Å². The quantitative estimate of drug-likeness (QED) is 0.918. The molecule has 23 heavy (non-hydrogen) atoms. The first-order valence-electron chi connectivity index (χ1n) is 8.42. The summed E-state index contributed by atoms with van der Waals surface area (Å²) in [6.07, 6.45) is 2.93. The standard InChI is InChI=1S/C17H26N2O3S/c1-13(11-15-6-4-10-23-15)18-16(20)19-7-3-5-14(12-19)17(2)21-8-9-22-17/h4,6,10,13-14H,3,5,7-9,11-12H2,1-2H3,(H,18,20)/t13-,14-/m1/s1. The minimum Gasteiger partial charge on any atom is -0.347 e. The molecule has 1 N–H and O–H groups in total. The number of urea groups is 1. The van der Waals surface area contributed by atoms with Gasteiger partial charge in [-0.1, -0.05) is 6.07 Å². The van der Waals surface area contributed by atoms with Crippen LogP contribution in [0.15, 0.2) is 17.5 Å². The van der Waals surface area contributed by atoms with Gasteiger partial charge in [-0.3, -0.25) is 0 Å². The van der Waals surface area contributed by atoms with E-state index in [2.05, 4.69) is 23.7 Å². The van der Waals surface area contributed by atoms with Crippen molar-refractivity contribution < 1.29 is 14.3 Å². The molecule has 5 nitrogen and oxygen atoms in total. The average molecular weight is 338 g/mol. The third-order valence-corrected chi connectivity index (χ3v) is 5.67. The summed E-state index contributed by atoms with van der Waals surface area (Å²) < 4.78 is 11.6. The summed E-state index contributed by atoms with van der Waals surface area (Å²) in [6.45, 7) is 6.88. The largest absolute Gasteiger partial charge is 0.347 e. The Labute approximate surface area is 142 Å². The predicted octanol–water partition coefficient (Wildman–Crippen LogP) is 2.86. The zero-order valence-corrected chi connectivity index (χ0v) is 14.7. The lowest BCUT2D eigenvalue weighted by Crippen LogP contribution is -2.52. The van der Waals surface area contributed by atoms with E-state index in [9.17, 15) is 4.79 Å². The SMILES string of the molecule is C[C@H](Cc1cccs1)NC(=O)N1CCC[C@@H](C2(C)OCCO2)C1. The maximum atomic E-state index is 12.5. The molecule has 128 valence electrons. The zero-order valence-electron chi connectivity index (χ0n) is 13.9. The van der Waals surface area contributed by atoms with Gasteiger partial charge in [0.05, 0.1) is 13.2 Å². The van der Waals surface area contributed by atoms with E-state index in [4.69, 9.17) is 9.47 Å². The summed E-state index contributed by atoms with van der Waals surface area (Å²) in [5.74, 6) is -0.279. The molecule has 0 unspecified atom stereocenters. The number of hydrogen-bond donors (Lipinski definition) is 1. The van der Waals surface area contributed by atoms with Gasteiger partial charge < -0.3 is 19.7 Å². The van der Waals surface area contributed by atoms with Gasteiger partial charge in [-0.2, -0.15) is 0 Å². The van der Waals surface area contributed by atoms with Crippen LogP contribution in [0.4, 0.5) is 4.79 Å². The molecule has 3 rings (SSSR count). The highest BCUT2D eigenvalue weighted by atomic mass is 32.1. The number of rotatable bonds is 4. The summed E-state index contributed by atoms with van der Waals surface area (Å²) in [4.78, 5) is 15.8. The van der Waals surface area contributed by atoms with Crippen LogP contribution in [-0.2, 0) is 15.9 Å². The molecule has 1 aromatic heterocycles. The van der Waals surface area contributed by atoms with E-state index in [-0.39, 0.29) is 18.0 Å². The van der Waals surface area contributed by atoms with Gasteiger partial charge in [-0.05, 0) is 38.1 Å². The Morgan fingerprint density at radius 2 is 2.30 bits per heavy atom. The second-order valence-corrected chi connectivity index (χ2v) is 7.66. The molecule has 1 aromatic rings. The van der Waals surface area contributed by atoms with Gasteiger partial charge in [-0.15, -0.1) is 11.3 Å². The lowest BCUT2D eigenvalue weighted by Gasteiger charge is -2.40. The summed E-state index contributed by atoms with van der Waals surface area (Å²) in [6, 6.07) is 4.32. The number of piperidine rings is 1. The van der Waals surface area contributed by atoms with E-state index in [1.165, 1.54) is 4.88 Å². The van der Waals surface area contributed by atoms with Gasteiger partial charge in [0, 0.05) is 36.3 Å². The van der Waals surface area contributed by atoms with Crippen LogP contribution >= 0.6 is 11.3 Å². The minimum atomic E-state index is -0.526. The zero-order chi connectivity index (χ0) is 16.3. The Hall–Kier alpha value is -1.11. The molecule has 0 aliphatic carbocycles. The second kappa shape index (κ2) is 7.20. The van der Waals surface area contributed by atoms with E-state index in [0.29, 0.717) is 19.8 Å². The number of carbonyl (C=O) groups is 1. The van der Waals surface area contributed by atoms with Crippen molar-refractivity contribution in [3.05, 3.63) is 22.4 Å². The van der Waals surface area contributed by atoms with Crippen LogP contribution in [0.5, 0.6) is 0 Å². The fourth-order valence-corrected chi connectivity index (χ4v) is 4.27. The molecule has 2 atom stereocenters. The van der Waals surface area contributed by atoms with Gasteiger partial charge in [0.25, 0.3) is 0 Å².